The Balaban J connectivity index is 1.89. The molecule has 1 aromatic carbocycles. The summed E-state index contributed by atoms with van der Waals surface area (Å²) < 4.78 is 5.79. The fraction of sp³-hybridized carbons (Fsp3) is 0.588. The summed E-state index contributed by atoms with van der Waals surface area (Å²) in [4.78, 5) is 12.2. The summed E-state index contributed by atoms with van der Waals surface area (Å²) in [6, 6.07) is 6.35. The molecule has 1 aromatic rings. The van der Waals surface area contributed by atoms with Crippen LogP contribution in [0.25, 0.3) is 0 Å². The summed E-state index contributed by atoms with van der Waals surface area (Å²) in [6.07, 6.45) is 5.48. The van der Waals surface area contributed by atoms with Gasteiger partial charge < -0.3 is 10.1 Å². The smallest absolute Gasteiger partial charge is 0.260 e. The number of ether oxygens (including phenoxy) is 1. The number of carbonyl (C=O) groups is 1. The van der Waals surface area contributed by atoms with Crippen molar-refractivity contribution in [3.8, 4) is 5.75 Å². The van der Waals surface area contributed by atoms with Crippen LogP contribution >= 0.6 is 0 Å². The Labute approximate surface area is 121 Å². The average Bonchev–Trinajstić information content (AvgIpc) is 2.43. The van der Waals surface area contributed by atoms with Crippen LogP contribution in [-0.2, 0) is 4.79 Å². The zero-order valence-corrected chi connectivity index (χ0v) is 12.7. The number of carbonyl (C=O) groups excluding carboxylic acids is 1. The minimum absolute atomic E-state index is 0.00289. The molecule has 20 heavy (non-hydrogen) atoms. The van der Waals surface area contributed by atoms with Crippen molar-refractivity contribution in [1.82, 2.24) is 5.32 Å². The Hall–Kier alpha value is -1.51. The van der Waals surface area contributed by atoms with E-state index < -0.39 is 6.10 Å². The highest BCUT2D eigenvalue weighted by Gasteiger charge is 2.21. The molecule has 0 heterocycles. The molecule has 1 atom stereocenters. The molecule has 0 saturated heterocycles. The first kappa shape index (κ1) is 14.9. The van der Waals surface area contributed by atoms with E-state index in [-0.39, 0.29) is 5.91 Å². The molecule has 3 heteroatoms. The fourth-order valence-electron chi connectivity index (χ4n) is 2.74. The maximum Gasteiger partial charge on any atom is 0.260 e. The van der Waals surface area contributed by atoms with Gasteiger partial charge in [-0.3, -0.25) is 4.79 Å². The maximum atomic E-state index is 12.2. The molecule has 1 amide bonds. The molecule has 1 aliphatic rings. The molecule has 2 rings (SSSR count). The summed E-state index contributed by atoms with van der Waals surface area (Å²) in [5.41, 5.74) is 2.27. The quantitative estimate of drug-likeness (QED) is 0.913. The van der Waals surface area contributed by atoms with Crippen LogP contribution in [0.1, 0.15) is 50.2 Å². The number of aryl methyl sites for hydroxylation is 2. The van der Waals surface area contributed by atoms with Crippen molar-refractivity contribution in [3.05, 3.63) is 29.3 Å². The number of hydrogen-bond donors (Lipinski definition) is 1. The third kappa shape index (κ3) is 3.99. The van der Waals surface area contributed by atoms with Crippen molar-refractivity contribution in [2.45, 2.75) is 65.0 Å². The van der Waals surface area contributed by atoms with Crippen LogP contribution in [0, 0.1) is 13.8 Å². The van der Waals surface area contributed by atoms with Crippen molar-refractivity contribution in [1.29, 1.82) is 0 Å². The molecule has 110 valence electrons. The Morgan fingerprint density at radius 3 is 2.60 bits per heavy atom. The molecule has 0 aromatic heterocycles. The van der Waals surface area contributed by atoms with E-state index >= 15 is 0 Å². The second kappa shape index (κ2) is 6.78. The van der Waals surface area contributed by atoms with E-state index in [0.717, 1.165) is 24.2 Å². The summed E-state index contributed by atoms with van der Waals surface area (Å²) in [6.45, 7) is 5.88. The fourth-order valence-corrected chi connectivity index (χ4v) is 2.74. The summed E-state index contributed by atoms with van der Waals surface area (Å²) >= 11 is 0. The first-order valence-electron chi connectivity index (χ1n) is 7.60. The second-order valence-electron chi connectivity index (χ2n) is 5.87. The lowest BCUT2D eigenvalue weighted by atomic mass is 9.95. The lowest BCUT2D eigenvalue weighted by Crippen LogP contribution is -2.43. The highest BCUT2D eigenvalue weighted by Crippen LogP contribution is 2.21. The number of rotatable bonds is 4. The lowest BCUT2D eigenvalue weighted by Gasteiger charge is -2.25. The highest BCUT2D eigenvalue weighted by atomic mass is 16.5. The molecule has 0 radical (unpaired) electrons. The minimum atomic E-state index is -0.446. The number of hydrogen-bond acceptors (Lipinski definition) is 2. The van der Waals surface area contributed by atoms with E-state index in [2.05, 4.69) is 18.3 Å². The number of benzene rings is 1. The summed E-state index contributed by atoms with van der Waals surface area (Å²) in [7, 11) is 0. The normalized spacial score (nSPS) is 17.6. The number of nitrogens with one attached hydrogen (secondary N) is 1. The predicted octanol–water partition coefficient (Wildman–Crippen LogP) is 3.52. The zero-order valence-electron chi connectivity index (χ0n) is 12.7. The van der Waals surface area contributed by atoms with Gasteiger partial charge in [0.2, 0.25) is 0 Å². The highest BCUT2D eigenvalue weighted by molar-refractivity contribution is 5.81. The van der Waals surface area contributed by atoms with Gasteiger partial charge in [0.25, 0.3) is 5.91 Å². The number of amides is 1. The van der Waals surface area contributed by atoms with Crippen LogP contribution in [-0.4, -0.2) is 18.1 Å². The molecular formula is C17H25NO2. The largest absolute Gasteiger partial charge is 0.481 e. The van der Waals surface area contributed by atoms with E-state index in [0.29, 0.717) is 6.04 Å². The first-order valence-corrected chi connectivity index (χ1v) is 7.60. The van der Waals surface area contributed by atoms with Crippen molar-refractivity contribution < 1.29 is 9.53 Å². The van der Waals surface area contributed by atoms with E-state index in [9.17, 15) is 4.79 Å². The third-order valence-electron chi connectivity index (χ3n) is 3.95. The van der Waals surface area contributed by atoms with Crippen LogP contribution in [0.3, 0.4) is 0 Å². The van der Waals surface area contributed by atoms with E-state index in [1.807, 2.05) is 26.0 Å². The molecule has 1 fully saturated rings. The molecule has 1 aliphatic carbocycles. The second-order valence-corrected chi connectivity index (χ2v) is 5.87. The third-order valence-corrected chi connectivity index (χ3v) is 3.95. The topological polar surface area (TPSA) is 38.3 Å². The van der Waals surface area contributed by atoms with Gasteiger partial charge in [-0.1, -0.05) is 37.0 Å². The standard InChI is InChI=1S/C17H25NO2/c1-12-9-10-16(13(2)11-12)20-14(3)17(19)18-15-7-5-4-6-8-15/h9-11,14-15H,4-8H2,1-3H3,(H,18,19)/t14-/m0/s1. The zero-order chi connectivity index (χ0) is 14.5. The van der Waals surface area contributed by atoms with Gasteiger partial charge in [0.05, 0.1) is 0 Å². The van der Waals surface area contributed by atoms with Crippen LogP contribution in [0.2, 0.25) is 0 Å². The van der Waals surface area contributed by atoms with Gasteiger partial charge in [-0.05, 0) is 45.2 Å². The van der Waals surface area contributed by atoms with E-state index in [1.54, 1.807) is 0 Å². The van der Waals surface area contributed by atoms with Gasteiger partial charge in [-0.15, -0.1) is 0 Å². The maximum absolute atomic E-state index is 12.2. The van der Waals surface area contributed by atoms with Crippen molar-refractivity contribution >= 4 is 5.91 Å². The molecule has 1 N–H and O–H groups in total. The molecule has 0 spiro atoms. The first-order chi connectivity index (χ1) is 9.56. The van der Waals surface area contributed by atoms with E-state index in [4.69, 9.17) is 4.74 Å². The minimum Gasteiger partial charge on any atom is -0.481 e. The summed E-state index contributed by atoms with van der Waals surface area (Å²) in [5, 5.41) is 3.11. The Bertz CT molecular complexity index is 464. The Kier molecular flexibility index (Phi) is 5.05. The van der Waals surface area contributed by atoms with Crippen molar-refractivity contribution in [2.24, 2.45) is 0 Å². The summed E-state index contributed by atoms with van der Waals surface area (Å²) in [5.74, 6) is 0.791. The monoisotopic (exact) mass is 275 g/mol. The van der Waals surface area contributed by atoms with Gasteiger partial charge in [0.1, 0.15) is 5.75 Å². The van der Waals surface area contributed by atoms with Gasteiger partial charge in [-0.25, -0.2) is 0 Å². The SMILES string of the molecule is Cc1ccc(O[C@@H](C)C(=O)NC2CCCCC2)c(C)c1. The van der Waals surface area contributed by atoms with Gasteiger partial charge in [0, 0.05) is 6.04 Å². The van der Waals surface area contributed by atoms with Gasteiger partial charge in [0.15, 0.2) is 6.10 Å². The molecule has 0 unspecified atom stereocenters. The molecule has 0 bridgehead atoms. The van der Waals surface area contributed by atoms with Crippen LogP contribution in [0.15, 0.2) is 18.2 Å². The van der Waals surface area contributed by atoms with Gasteiger partial charge in [-0.2, -0.15) is 0 Å². The van der Waals surface area contributed by atoms with E-state index in [1.165, 1.54) is 24.8 Å². The molecular weight excluding hydrogens is 250 g/mol. The predicted molar refractivity (Wildman–Crippen MR) is 81.0 cm³/mol. The van der Waals surface area contributed by atoms with Crippen LogP contribution < -0.4 is 10.1 Å². The molecule has 3 nitrogen and oxygen atoms in total. The lowest BCUT2D eigenvalue weighted by molar-refractivity contribution is -0.128. The van der Waals surface area contributed by atoms with Crippen molar-refractivity contribution in [3.63, 3.8) is 0 Å². The Morgan fingerprint density at radius 1 is 1.25 bits per heavy atom. The van der Waals surface area contributed by atoms with Crippen LogP contribution in [0.5, 0.6) is 5.75 Å². The van der Waals surface area contributed by atoms with Crippen LogP contribution in [0.4, 0.5) is 0 Å². The average molecular weight is 275 g/mol. The molecule has 1 saturated carbocycles. The Morgan fingerprint density at radius 2 is 1.95 bits per heavy atom. The van der Waals surface area contributed by atoms with Crippen molar-refractivity contribution in [2.75, 3.05) is 0 Å². The molecule has 0 aliphatic heterocycles. The van der Waals surface area contributed by atoms with Gasteiger partial charge >= 0.3 is 0 Å².